The standard InChI is InChI=1S/C29H40N8O4/c1-28(2)15-34(20-36(17-28)32-30-24-11-7-22(8-12-24)26(38)40-5)19-35-16-29(3,4)18-37(21-35)33-31-25-13-9-23(10-14-25)27(39)41-6/h7-14H,15-21H2,1-6H3. The van der Waals surface area contributed by atoms with E-state index in [9.17, 15) is 9.59 Å². The second kappa shape index (κ2) is 12.7. The van der Waals surface area contributed by atoms with Crippen molar-refractivity contribution in [3.05, 3.63) is 59.7 Å². The lowest BCUT2D eigenvalue weighted by molar-refractivity contribution is -0.0654. The topological polar surface area (TPSA) is 115 Å². The maximum absolute atomic E-state index is 11.7. The van der Waals surface area contributed by atoms with Crippen LogP contribution in [0.4, 0.5) is 11.4 Å². The number of esters is 2. The molecule has 0 saturated carbocycles. The fourth-order valence-corrected chi connectivity index (χ4v) is 5.35. The minimum atomic E-state index is -0.378. The molecule has 2 saturated heterocycles. The van der Waals surface area contributed by atoms with E-state index in [1.54, 1.807) is 48.5 Å². The third-order valence-corrected chi connectivity index (χ3v) is 6.80. The smallest absolute Gasteiger partial charge is 0.337 e. The summed E-state index contributed by atoms with van der Waals surface area (Å²) in [5.74, 6) is -0.755. The predicted octanol–water partition coefficient (Wildman–Crippen LogP) is 5.12. The van der Waals surface area contributed by atoms with Crippen LogP contribution in [0.5, 0.6) is 0 Å². The molecule has 220 valence electrons. The zero-order valence-corrected chi connectivity index (χ0v) is 24.8. The highest BCUT2D eigenvalue weighted by Crippen LogP contribution is 2.29. The molecule has 0 amide bonds. The summed E-state index contributed by atoms with van der Waals surface area (Å²) >= 11 is 0. The van der Waals surface area contributed by atoms with Crippen LogP contribution < -0.4 is 0 Å². The summed E-state index contributed by atoms with van der Waals surface area (Å²) in [6.07, 6.45) is 0. The summed E-state index contributed by atoms with van der Waals surface area (Å²) in [6.45, 7) is 14.4. The summed E-state index contributed by atoms with van der Waals surface area (Å²) in [4.78, 5) is 28.1. The molecule has 0 atom stereocenters. The average Bonchev–Trinajstić information content (AvgIpc) is 2.93. The van der Waals surface area contributed by atoms with E-state index in [0.29, 0.717) is 35.8 Å². The molecule has 0 spiro atoms. The second-order valence-corrected chi connectivity index (χ2v) is 12.2. The van der Waals surface area contributed by atoms with Crippen molar-refractivity contribution < 1.29 is 19.1 Å². The van der Waals surface area contributed by atoms with Crippen molar-refractivity contribution in [2.24, 2.45) is 31.5 Å². The Hall–Kier alpha value is -3.90. The van der Waals surface area contributed by atoms with E-state index in [-0.39, 0.29) is 22.8 Å². The fourth-order valence-electron chi connectivity index (χ4n) is 5.35. The lowest BCUT2D eigenvalue weighted by Crippen LogP contribution is -2.58. The van der Waals surface area contributed by atoms with Gasteiger partial charge in [0.05, 0.1) is 56.7 Å². The van der Waals surface area contributed by atoms with Crippen molar-refractivity contribution in [1.29, 1.82) is 0 Å². The molecule has 2 aromatic rings. The average molecular weight is 565 g/mol. The largest absolute Gasteiger partial charge is 0.465 e. The molecule has 2 heterocycles. The van der Waals surface area contributed by atoms with Gasteiger partial charge in [0.25, 0.3) is 0 Å². The van der Waals surface area contributed by atoms with Crippen LogP contribution in [0.25, 0.3) is 0 Å². The molecular formula is C29H40N8O4. The normalized spacial score (nSPS) is 19.6. The summed E-state index contributed by atoms with van der Waals surface area (Å²) in [5, 5.41) is 21.8. The van der Waals surface area contributed by atoms with E-state index in [1.165, 1.54) is 14.2 Å². The van der Waals surface area contributed by atoms with E-state index in [2.05, 4.69) is 58.2 Å². The van der Waals surface area contributed by atoms with Gasteiger partial charge in [-0.05, 0) is 59.4 Å². The highest BCUT2D eigenvalue weighted by molar-refractivity contribution is 5.90. The van der Waals surface area contributed by atoms with Crippen molar-refractivity contribution >= 4 is 23.3 Å². The first kappa shape index (κ1) is 30.1. The van der Waals surface area contributed by atoms with Crippen molar-refractivity contribution in [2.75, 3.05) is 60.4 Å². The van der Waals surface area contributed by atoms with Gasteiger partial charge < -0.3 is 9.47 Å². The van der Waals surface area contributed by atoms with Crippen molar-refractivity contribution in [1.82, 2.24) is 19.8 Å². The first-order valence-corrected chi connectivity index (χ1v) is 13.6. The van der Waals surface area contributed by atoms with Gasteiger partial charge in [0.15, 0.2) is 0 Å². The third-order valence-electron chi connectivity index (χ3n) is 6.80. The number of hydrogen-bond donors (Lipinski definition) is 0. The van der Waals surface area contributed by atoms with Crippen LogP contribution in [0.15, 0.2) is 69.2 Å². The highest BCUT2D eigenvalue weighted by Gasteiger charge is 2.35. The molecule has 12 heteroatoms. The van der Waals surface area contributed by atoms with Crippen molar-refractivity contribution in [2.45, 2.75) is 27.7 Å². The molecule has 12 nitrogen and oxygen atoms in total. The van der Waals surface area contributed by atoms with E-state index >= 15 is 0 Å². The molecule has 0 radical (unpaired) electrons. The number of ether oxygens (including phenoxy) is 2. The number of methoxy groups -OCH3 is 2. The Balaban J connectivity index is 1.38. The van der Waals surface area contributed by atoms with Gasteiger partial charge in [-0.1, -0.05) is 38.1 Å². The molecule has 2 aliphatic heterocycles. The van der Waals surface area contributed by atoms with Gasteiger partial charge in [0.2, 0.25) is 0 Å². The molecule has 41 heavy (non-hydrogen) atoms. The first-order chi connectivity index (χ1) is 19.4. The Morgan fingerprint density at radius 3 is 1.37 bits per heavy atom. The maximum Gasteiger partial charge on any atom is 0.337 e. The number of nitrogens with zero attached hydrogens (tertiary/aromatic N) is 8. The number of benzene rings is 2. The summed E-state index contributed by atoms with van der Waals surface area (Å²) < 4.78 is 9.51. The van der Waals surface area contributed by atoms with Gasteiger partial charge in [-0.15, -0.1) is 10.2 Å². The van der Waals surface area contributed by atoms with Gasteiger partial charge in [0.1, 0.15) is 0 Å². The van der Waals surface area contributed by atoms with Crippen LogP contribution in [0.2, 0.25) is 0 Å². The molecule has 2 aliphatic rings. The second-order valence-electron chi connectivity index (χ2n) is 12.2. The van der Waals surface area contributed by atoms with E-state index in [0.717, 1.165) is 32.8 Å². The Morgan fingerprint density at radius 2 is 1.02 bits per heavy atom. The van der Waals surface area contributed by atoms with E-state index in [4.69, 9.17) is 9.47 Å². The number of rotatable bonds is 8. The molecule has 0 aliphatic carbocycles. The van der Waals surface area contributed by atoms with E-state index < -0.39 is 0 Å². The molecule has 2 aromatic carbocycles. The Kier molecular flexibility index (Phi) is 9.34. The van der Waals surface area contributed by atoms with Crippen LogP contribution >= 0.6 is 0 Å². The molecule has 0 unspecified atom stereocenters. The van der Waals surface area contributed by atoms with Crippen LogP contribution in [0, 0.1) is 10.8 Å². The summed E-state index contributed by atoms with van der Waals surface area (Å²) in [7, 11) is 2.72. The molecule has 0 bridgehead atoms. The SMILES string of the molecule is COC(=O)c1ccc(N=NN2CN(CN3CN(N=Nc4ccc(C(=O)OC)cc4)CC(C)(C)C3)CC(C)(C)C2)cc1. The van der Waals surface area contributed by atoms with Crippen LogP contribution in [0.1, 0.15) is 48.4 Å². The molecule has 0 N–H and O–H groups in total. The van der Waals surface area contributed by atoms with Gasteiger partial charge in [-0.3, -0.25) is 19.8 Å². The van der Waals surface area contributed by atoms with Crippen LogP contribution in [0.3, 0.4) is 0 Å². The molecule has 2 fully saturated rings. The minimum absolute atomic E-state index is 0.0209. The first-order valence-electron chi connectivity index (χ1n) is 13.6. The van der Waals surface area contributed by atoms with E-state index in [1.807, 2.05) is 10.0 Å². The lowest BCUT2D eigenvalue weighted by atomic mass is 9.90. The Labute approximate surface area is 241 Å². The minimum Gasteiger partial charge on any atom is -0.465 e. The number of hydrogen-bond acceptors (Lipinski definition) is 10. The lowest BCUT2D eigenvalue weighted by Gasteiger charge is -2.47. The van der Waals surface area contributed by atoms with Crippen molar-refractivity contribution in [3.63, 3.8) is 0 Å². The molecule has 4 rings (SSSR count). The monoisotopic (exact) mass is 564 g/mol. The molecular weight excluding hydrogens is 524 g/mol. The van der Waals surface area contributed by atoms with Gasteiger partial charge in [0, 0.05) is 26.2 Å². The summed E-state index contributed by atoms with van der Waals surface area (Å²) in [5.41, 5.74) is 2.34. The number of carbonyl (C=O) groups is 2. The zero-order valence-electron chi connectivity index (χ0n) is 24.8. The van der Waals surface area contributed by atoms with Gasteiger partial charge in [-0.2, -0.15) is 0 Å². The number of carbonyl (C=O) groups excluding carboxylic acids is 2. The predicted molar refractivity (Wildman–Crippen MR) is 154 cm³/mol. The summed E-state index contributed by atoms with van der Waals surface area (Å²) in [6, 6.07) is 13.8. The van der Waals surface area contributed by atoms with Gasteiger partial charge in [-0.25, -0.2) is 9.59 Å². The third kappa shape index (κ3) is 8.54. The Bertz CT molecular complexity index is 1160. The van der Waals surface area contributed by atoms with Gasteiger partial charge >= 0.3 is 11.9 Å². The fraction of sp³-hybridized carbons (Fsp3) is 0.517. The molecule has 0 aromatic heterocycles. The van der Waals surface area contributed by atoms with Crippen LogP contribution in [-0.2, 0) is 9.47 Å². The van der Waals surface area contributed by atoms with Crippen molar-refractivity contribution in [3.8, 4) is 0 Å². The maximum atomic E-state index is 11.7. The van der Waals surface area contributed by atoms with Crippen LogP contribution in [-0.4, -0.2) is 92.2 Å². The Morgan fingerprint density at radius 1 is 0.659 bits per heavy atom. The quantitative estimate of drug-likeness (QED) is 0.321. The highest BCUT2D eigenvalue weighted by atomic mass is 16.5. The zero-order chi connectivity index (χ0) is 29.6.